The molecule has 0 bridgehead atoms. The fraction of sp³-hybridized carbons (Fsp3) is 0.333. The van der Waals surface area contributed by atoms with Crippen LogP contribution in [-0.4, -0.2) is 0 Å². The standard InChI is InChI=1S/C14H11.C10H15.2ClH.Zr/c1-10-8-12-7-6-11-4-2-3-5-13(11)14(12)9-10;1-7-6-10(4,5)9(3)8(7)2;;;/h2-7H,8H2,1H3;1-5H3;2*1H;/q;;;;+2/p-2. The molecule has 0 atom stereocenters. The van der Waals surface area contributed by atoms with E-state index in [4.69, 9.17) is 0 Å². The molecule has 27 heavy (non-hydrogen) atoms. The average Bonchev–Trinajstić information content (AvgIpc) is 2.99. The number of fused-ring (bicyclic) bond motifs is 3. The molecule has 140 valence electrons. The predicted octanol–water partition coefficient (Wildman–Crippen LogP) is 0.868. The smallest absolute Gasteiger partial charge is 1.00 e. The first-order valence-corrected chi connectivity index (χ1v) is 11.7. The van der Waals surface area contributed by atoms with E-state index in [9.17, 15) is 0 Å². The van der Waals surface area contributed by atoms with Crippen LogP contribution in [0, 0.1) is 5.41 Å². The van der Waals surface area contributed by atoms with Crippen molar-refractivity contribution in [2.75, 3.05) is 0 Å². The molecule has 0 aromatic heterocycles. The Balaban J connectivity index is 0.00000131. The first-order valence-electron chi connectivity index (χ1n) is 9.20. The van der Waals surface area contributed by atoms with Crippen molar-refractivity contribution in [1.82, 2.24) is 0 Å². The van der Waals surface area contributed by atoms with E-state index in [-0.39, 0.29) is 30.2 Å². The third-order valence-electron chi connectivity index (χ3n) is 6.46. The van der Waals surface area contributed by atoms with E-state index in [0.717, 1.165) is 6.42 Å². The number of hydrogen-bond donors (Lipinski definition) is 0. The molecule has 0 radical (unpaired) electrons. The Labute approximate surface area is 187 Å². The van der Waals surface area contributed by atoms with Crippen LogP contribution in [0.25, 0.3) is 14.1 Å². The van der Waals surface area contributed by atoms with Crippen molar-refractivity contribution in [3.05, 3.63) is 73.1 Å². The van der Waals surface area contributed by atoms with Crippen LogP contribution in [0.3, 0.4) is 0 Å². The molecule has 0 aliphatic heterocycles. The Bertz CT molecular complexity index is 1010. The third kappa shape index (κ3) is 3.45. The zero-order chi connectivity index (χ0) is 17.9. The minimum atomic E-state index is -0.828. The zero-order valence-electron chi connectivity index (χ0n) is 16.9. The van der Waals surface area contributed by atoms with Crippen LogP contribution in [0.4, 0.5) is 0 Å². The Morgan fingerprint density at radius 3 is 2.15 bits per heavy atom. The molecule has 0 saturated carbocycles. The van der Waals surface area contributed by atoms with Crippen molar-refractivity contribution in [3.63, 3.8) is 0 Å². The zero-order valence-corrected chi connectivity index (χ0v) is 20.9. The van der Waals surface area contributed by atoms with Crippen molar-refractivity contribution in [2.45, 2.75) is 48.0 Å². The van der Waals surface area contributed by atoms with Crippen molar-refractivity contribution in [1.29, 1.82) is 0 Å². The number of halogens is 2. The van der Waals surface area contributed by atoms with Gasteiger partial charge in [0.05, 0.1) is 0 Å². The summed E-state index contributed by atoms with van der Waals surface area (Å²) >= 11 is -0.828. The average molecular weight is 477 g/mol. The van der Waals surface area contributed by atoms with Crippen LogP contribution in [0.1, 0.15) is 52.7 Å². The van der Waals surface area contributed by atoms with Crippen molar-refractivity contribution >= 4 is 14.1 Å². The molecule has 0 unspecified atom stereocenters. The van der Waals surface area contributed by atoms with Crippen LogP contribution in [0.5, 0.6) is 0 Å². The largest absolute Gasteiger partial charge is 1.00 e. The summed E-state index contributed by atoms with van der Waals surface area (Å²) in [4.78, 5) is 0. The molecule has 0 nitrogen and oxygen atoms in total. The summed E-state index contributed by atoms with van der Waals surface area (Å²) < 4.78 is 3.52. The Kier molecular flexibility index (Phi) is 6.73. The fourth-order valence-electron chi connectivity index (χ4n) is 4.48. The molecule has 0 fully saturated rings. The molecule has 3 heteroatoms. The van der Waals surface area contributed by atoms with Gasteiger partial charge < -0.3 is 24.8 Å². The van der Waals surface area contributed by atoms with E-state index < -0.39 is 23.2 Å². The topological polar surface area (TPSA) is 0 Å². The molecule has 2 aromatic carbocycles. The van der Waals surface area contributed by atoms with E-state index >= 15 is 0 Å². The Hall–Kier alpha value is -0.617. The second-order valence-corrected chi connectivity index (χ2v) is 11.2. The summed E-state index contributed by atoms with van der Waals surface area (Å²) in [6.07, 6.45) is 1.15. The van der Waals surface area contributed by atoms with Gasteiger partial charge in [-0.1, -0.05) is 0 Å². The normalized spacial score (nSPS) is 17.7. The molecular weight excluding hydrogens is 450 g/mol. The van der Waals surface area contributed by atoms with E-state index in [1.54, 1.807) is 34.4 Å². The number of hydrogen-bond acceptors (Lipinski definition) is 0. The van der Waals surface area contributed by atoms with Gasteiger partial charge in [-0.2, -0.15) is 0 Å². The maximum absolute atomic E-state index is 2.44. The van der Waals surface area contributed by atoms with Crippen LogP contribution >= 0.6 is 0 Å². The van der Waals surface area contributed by atoms with Gasteiger partial charge in [-0.15, -0.1) is 0 Å². The summed E-state index contributed by atoms with van der Waals surface area (Å²) in [5.74, 6) is 0. The van der Waals surface area contributed by atoms with E-state index in [1.807, 2.05) is 0 Å². The number of benzene rings is 2. The van der Waals surface area contributed by atoms with Crippen molar-refractivity contribution in [2.24, 2.45) is 5.41 Å². The first-order chi connectivity index (χ1) is 11.8. The van der Waals surface area contributed by atoms with Gasteiger partial charge in [0.15, 0.2) is 0 Å². The van der Waals surface area contributed by atoms with Crippen LogP contribution in [0.2, 0.25) is 0 Å². The fourth-order valence-corrected chi connectivity index (χ4v) is 9.02. The second kappa shape index (κ2) is 8.02. The molecule has 2 aliphatic carbocycles. The molecule has 0 spiro atoms. The van der Waals surface area contributed by atoms with Crippen LogP contribution < -0.4 is 24.8 Å². The van der Waals surface area contributed by atoms with Gasteiger partial charge in [-0.05, 0) is 0 Å². The molecule has 0 heterocycles. The molecule has 4 rings (SSSR count). The minimum absolute atomic E-state index is 0. The summed E-state index contributed by atoms with van der Waals surface area (Å²) in [5.41, 5.74) is 9.70. The molecule has 2 aliphatic rings. The molecular formula is C24H26Cl2Zr. The Morgan fingerprint density at radius 2 is 1.52 bits per heavy atom. The minimum Gasteiger partial charge on any atom is -1.00 e. The summed E-state index contributed by atoms with van der Waals surface area (Å²) in [6, 6.07) is 13.6. The van der Waals surface area contributed by atoms with Gasteiger partial charge in [-0.25, -0.2) is 0 Å². The van der Waals surface area contributed by atoms with E-state index in [1.165, 1.54) is 16.3 Å². The van der Waals surface area contributed by atoms with Gasteiger partial charge >= 0.3 is 164 Å². The van der Waals surface area contributed by atoms with Crippen LogP contribution in [-0.2, 0) is 29.7 Å². The maximum Gasteiger partial charge on any atom is -1.00 e. The van der Waals surface area contributed by atoms with E-state index in [2.05, 4.69) is 77.9 Å². The van der Waals surface area contributed by atoms with E-state index in [0.29, 0.717) is 0 Å². The first kappa shape index (κ1) is 22.7. The molecule has 0 N–H and O–H groups in total. The van der Waals surface area contributed by atoms with Gasteiger partial charge in [0.2, 0.25) is 0 Å². The molecule has 0 amide bonds. The Morgan fingerprint density at radius 1 is 0.852 bits per heavy atom. The van der Waals surface area contributed by atoms with Crippen LogP contribution in [0.15, 0.2) is 62.0 Å². The predicted molar refractivity (Wildman–Crippen MR) is 105 cm³/mol. The molecule has 0 saturated heterocycles. The van der Waals surface area contributed by atoms with Crippen molar-refractivity contribution in [3.8, 4) is 0 Å². The van der Waals surface area contributed by atoms with Gasteiger partial charge in [0.25, 0.3) is 0 Å². The summed E-state index contributed by atoms with van der Waals surface area (Å²) in [5, 5.41) is 2.85. The second-order valence-electron chi connectivity index (χ2n) is 8.15. The monoisotopic (exact) mass is 474 g/mol. The summed E-state index contributed by atoms with van der Waals surface area (Å²) in [7, 11) is 0. The number of rotatable bonds is 2. The quantitative estimate of drug-likeness (QED) is 0.604. The number of allylic oxidation sites excluding steroid dienone is 5. The van der Waals surface area contributed by atoms with Gasteiger partial charge in [-0.3, -0.25) is 0 Å². The van der Waals surface area contributed by atoms with Gasteiger partial charge in [0.1, 0.15) is 0 Å². The maximum atomic E-state index is 2.44. The third-order valence-corrected chi connectivity index (χ3v) is 11.8. The summed E-state index contributed by atoms with van der Waals surface area (Å²) in [6.45, 7) is 14.3. The van der Waals surface area contributed by atoms with Gasteiger partial charge in [0, 0.05) is 0 Å². The SMILES string of the molecule is CC1=[C]([Zr+2][C]2=C(C)C(C)=C(C)C2(C)C)c2c(ccc3ccccc23)C1.[Cl-].[Cl-]. The molecule has 2 aromatic rings. The van der Waals surface area contributed by atoms with Crippen molar-refractivity contribution < 1.29 is 48.0 Å².